The molecule has 1 spiro atoms. The number of carbonyl (C=O) groups excluding carboxylic acids is 1. The highest BCUT2D eigenvalue weighted by Crippen LogP contribution is 2.44. The van der Waals surface area contributed by atoms with Gasteiger partial charge in [0.1, 0.15) is 5.69 Å². The number of hydrogen-bond acceptors (Lipinski definition) is 1. The summed E-state index contributed by atoms with van der Waals surface area (Å²) in [6.45, 7) is 1.85. The van der Waals surface area contributed by atoms with E-state index in [0.29, 0.717) is 11.1 Å². The third-order valence-electron chi connectivity index (χ3n) is 4.90. The third kappa shape index (κ3) is 2.73. The molecule has 1 aliphatic carbocycles. The zero-order valence-electron chi connectivity index (χ0n) is 11.3. The molecule has 1 aliphatic heterocycles. The number of nitrogens with zero attached hydrogens (tertiary/aromatic N) is 1. The molecule has 19 heavy (non-hydrogen) atoms. The van der Waals surface area contributed by atoms with Crippen molar-refractivity contribution in [1.82, 2.24) is 9.88 Å². The molecule has 0 bridgehead atoms. The van der Waals surface area contributed by atoms with Crippen LogP contribution in [0.4, 0.5) is 0 Å². The summed E-state index contributed by atoms with van der Waals surface area (Å²) in [5, 5.41) is 0. The predicted molar refractivity (Wildman–Crippen MR) is 79.1 cm³/mol. The lowest BCUT2D eigenvalue weighted by Crippen LogP contribution is -2.44. The van der Waals surface area contributed by atoms with E-state index in [2.05, 4.69) is 20.9 Å². The Labute approximate surface area is 122 Å². The molecule has 2 heterocycles. The number of aromatic nitrogens is 1. The fraction of sp³-hybridized carbons (Fsp3) is 0.667. The number of H-pyrrole nitrogens is 1. The van der Waals surface area contributed by atoms with Crippen LogP contribution >= 0.6 is 15.9 Å². The lowest BCUT2D eigenvalue weighted by molar-refractivity contribution is 0.0468. The Hall–Kier alpha value is -0.770. The van der Waals surface area contributed by atoms with Gasteiger partial charge in [-0.2, -0.15) is 0 Å². The maximum Gasteiger partial charge on any atom is 0.270 e. The molecular formula is C15H21BrN2O. The molecule has 0 radical (unpaired) electrons. The van der Waals surface area contributed by atoms with E-state index in [1.165, 1.54) is 44.9 Å². The number of hydrogen-bond donors (Lipinski definition) is 1. The number of likely N-dealkylation sites (tertiary alicyclic amines) is 1. The fourth-order valence-corrected chi connectivity index (χ4v) is 3.99. The maximum absolute atomic E-state index is 12.4. The van der Waals surface area contributed by atoms with E-state index in [0.717, 1.165) is 17.6 Å². The lowest BCUT2D eigenvalue weighted by atomic mass is 9.68. The van der Waals surface area contributed by atoms with Gasteiger partial charge in [-0.15, -0.1) is 0 Å². The summed E-state index contributed by atoms with van der Waals surface area (Å²) in [5.74, 6) is 0.149. The largest absolute Gasteiger partial charge is 0.356 e. The first-order valence-corrected chi connectivity index (χ1v) is 8.11. The van der Waals surface area contributed by atoms with Crippen LogP contribution in [0, 0.1) is 5.41 Å². The molecule has 2 aliphatic rings. The van der Waals surface area contributed by atoms with E-state index in [4.69, 9.17) is 0 Å². The maximum atomic E-state index is 12.4. The molecule has 1 aromatic heterocycles. The number of piperidine rings is 1. The number of carbonyl (C=O) groups is 1. The molecule has 3 rings (SSSR count). The number of nitrogens with one attached hydrogen (secondary N) is 1. The number of rotatable bonds is 1. The highest BCUT2D eigenvalue weighted by Gasteiger charge is 2.36. The first-order chi connectivity index (χ1) is 9.19. The highest BCUT2D eigenvalue weighted by molar-refractivity contribution is 9.10. The standard InChI is InChI=1S/C15H21BrN2O/c16-12-10-13(17-11-12)14(19)18-8-6-15(7-9-18)4-2-1-3-5-15/h10-11,17H,1-9H2. The van der Waals surface area contributed by atoms with Crippen LogP contribution in [0.15, 0.2) is 16.7 Å². The minimum Gasteiger partial charge on any atom is -0.356 e. The van der Waals surface area contributed by atoms with E-state index in [-0.39, 0.29) is 5.91 Å². The van der Waals surface area contributed by atoms with Crippen molar-refractivity contribution < 1.29 is 4.79 Å². The third-order valence-corrected chi connectivity index (χ3v) is 5.36. The molecule has 0 aromatic carbocycles. The van der Waals surface area contributed by atoms with Crippen LogP contribution in [-0.2, 0) is 0 Å². The summed E-state index contributed by atoms with van der Waals surface area (Å²) < 4.78 is 0.941. The van der Waals surface area contributed by atoms with Crippen LogP contribution in [0.2, 0.25) is 0 Å². The number of aromatic amines is 1. The normalized spacial score (nSPS) is 22.7. The van der Waals surface area contributed by atoms with Gasteiger partial charge in [-0.1, -0.05) is 19.3 Å². The van der Waals surface area contributed by atoms with Crippen molar-refractivity contribution in [2.24, 2.45) is 5.41 Å². The van der Waals surface area contributed by atoms with Gasteiger partial charge in [0.05, 0.1) is 0 Å². The number of amides is 1. The van der Waals surface area contributed by atoms with E-state index < -0.39 is 0 Å². The van der Waals surface area contributed by atoms with Gasteiger partial charge in [-0.05, 0) is 53.1 Å². The monoisotopic (exact) mass is 324 g/mol. The van der Waals surface area contributed by atoms with E-state index in [1.807, 2.05) is 17.2 Å². The summed E-state index contributed by atoms with van der Waals surface area (Å²) >= 11 is 3.38. The minimum atomic E-state index is 0.149. The molecule has 2 fully saturated rings. The smallest absolute Gasteiger partial charge is 0.270 e. The predicted octanol–water partition coefficient (Wildman–Crippen LogP) is 3.96. The summed E-state index contributed by atoms with van der Waals surface area (Å²) in [5.41, 5.74) is 1.26. The van der Waals surface area contributed by atoms with Crippen molar-refractivity contribution >= 4 is 21.8 Å². The van der Waals surface area contributed by atoms with Crippen LogP contribution in [0.1, 0.15) is 55.4 Å². The average molecular weight is 325 g/mol. The van der Waals surface area contributed by atoms with E-state index >= 15 is 0 Å². The van der Waals surface area contributed by atoms with E-state index in [9.17, 15) is 4.79 Å². The van der Waals surface area contributed by atoms with Crippen LogP contribution in [0.3, 0.4) is 0 Å². The molecule has 0 unspecified atom stereocenters. The van der Waals surface area contributed by atoms with Gasteiger partial charge < -0.3 is 9.88 Å². The second-order valence-electron chi connectivity index (χ2n) is 6.08. The van der Waals surface area contributed by atoms with Crippen molar-refractivity contribution in [2.75, 3.05) is 13.1 Å². The van der Waals surface area contributed by atoms with Crippen molar-refractivity contribution in [3.05, 3.63) is 22.4 Å². The molecule has 1 N–H and O–H groups in total. The zero-order valence-corrected chi connectivity index (χ0v) is 12.8. The van der Waals surface area contributed by atoms with Crippen LogP contribution in [0.5, 0.6) is 0 Å². The van der Waals surface area contributed by atoms with Gasteiger partial charge in [0.2, 0.25) is 0 Å². The summed E-state index contributed by atoms with van der Waals surface area (Å²) in [6.07, 6.45) is 11.1. The SMILES string of the molecule is O=C(c1cc(Br)c[nH]1)N1CCC2(CCCCC2)CC1. The molecule has 0 atom stereocenters. The van der Waals surface area contributed by atoms with Crippen LogP contribution in [0.25, 0.3) is 0 Å². The van der Waals surface area contributed by atoms with Gasteiger partial charge in [0.15, 0.2) is 0 Å². The Morgan fingerprint density at radius 3 is 2.42 bits per heavy atom. The minimum absolute atomic E-state index is 0.149. The van der Waals surface area contributed by atoms with Gasteiger partial charge in [-0.25, -0.2) is 0 Å². The molecule has 1 aromatic rings. The van der Waals surface area contributed by atoms with Crippen molar-refractivity contribution in [1.29, 1.82) is 0 Å². The Morgan fingerprint density at radius 2 is 1.84 bits per heavy atom. The van der Waals surface area contributed by atoms with E-state index in [1.54, 1.807) is 0 Å². The zero-order chi connectivity index (χ0) is 13.3. The summed E-state index contributed by atoms with van der Waals surface area (Å²) in [4.78, 5) is 17.4. The molecule has 3 nitrogen and oxygen atoms in total. The Balaban J connectivity index is 1.62. The molecule has 104 valence electrons. The van der Waals surface area contributed by atoms with Crippen molar-refractivity contribution in [2.45, 2.75) is 44.9 Å². The molecule has 1 saturated heterocycles. The second-order valence-corrected chi connectivity index (χ2v) is 7.00. The fourth-order valence-electron chi connectivity index (χ4n) is 3.65. The summed E-state index contributed by atoms with van der Waals surface area (Å²) in [6, 6.07) is 1.87. The average Bonchev–Trinajstić information content (AvgIpc) is 2.87. The van der Waals surface area contributed by atoms with Gasteiger partial charge in [-0.3, -0.25) is 4.79 Å². The topological polar surface area (TPSA) is 36.1 Å². The lowest BCUT2D eigenvalue weighted by Gasteiger charge is -2.44. The summed E-state index contributed by atoms with van der Waals surface area (Å²) in [7, 11) is 0. The highest BCUT2D eigenvalue weighted by atomic mass is 79.9. The van der Waals surface area contributed by atoms with Gasteiger partial charge >= 0.3 is 0 Å². The second kappa shape index (κ2) is 5.31. The van der Waals surface area contributed by atoms with Crippen molar-refractivity contribution in [3.63, 3.8) is 0 Å². The first-order valence-electron chi connectivity index (χ1n) is 7.32. The Bertz CT molecular complexity index is 452. The first kappa shape index (κ1) is 13.2. The Morgan fingerprint density at radius 1 is 1.16 bits per heavy atom. The molecule has 1 amide bonds. The molecule has 1 saturated carbocycles. The van der Waals surface area contributed by atoms with Gasteiger partial charge in [0, 0.05) is 23.8 Å². The molecule has 4 heteroatoms. The number of halogens is 1. The van der Waals surface area contributed by atoms with Gasteiger partial charge in [0.25, 0.3) is 5.91 Å². The molecular weight excluding hydrogens is 304 g/mol. The quantitative estimate of drug-likeness (QED) is 0.833. The van der Waals surface area contributed by atoms with Crippen LogP contribution < -0.4 is 0 Å². The van der Waals surface area contributed by atoms with Crippen LogP contribution in [-0.4, -0.2) is 28.9 Å². The Kier molecular flexibility index (Phi) is 3.70. The van der Waals surface area contributed by atoms with Crippen molar-refractivity contribution in [3.8, 4) is 0 Å².